The Labute approximate surface area is 180 Å². The number of hydrogen-bond acceptors (Lipinski definition) is 6. The number of aromatic nitrogens is 1. The summed E-state index contributed by atoms with van der Waals surface area (Å²) < 4.78 is 18.0. The number of nitrogens with zero attached hydrogens (tertiary/aromatic N) is 1. The van der Waals surface area contributed by atoms with Crippen LogP contribution in [0.1, 0.15) is 58.9 Å². The van der Waals surface area contributed by atoms with Crippen LogP contribution in [0.3, 0.4) is 0 Å². The highest BCUT2D eigenvalue weighted by Crippen LogP contribution is 2.49. The summed E-state index contributed by atoms with van der Waals surface area (Å²) >= 11 is 0. The van der Waals surface area contributed by atoms with Crippen LogP contribution in [0.15, 0.2) is 29.2 Å². The van der Waals surface area contributed by atoms with Crippen molar-refractivity contribution in [2.24, 2.45) is 0 Å². The van der Waals surface area contributed by atoms with Gasteiger partial charge in [-0.25, -0.2) is 4.79 Å². The molecule has 0 saturated heterocycles. The standard InChI is InChI=1S/C24H27NO6/c1-3-30-23(28)19-14-25-20(12-21(19)27)18-10-17(15-26)22(31-9-5-8-29-2)11-16(18)13-24(25)6-4-7-24/h10-12,14-15H,3-9,13H2,1-2H3. The van der Waals surface area contributed by atoms with Crippen LogP contribution in [-0.2, 0) is 21.4 Å². The molecule has 0 N–H and O–H groups in total. The fourth-order valence-electron chi connectivity index (χ4n) is 4.56. The Balaban J connectivity index is 1.80. The van der Waals surface area contributed by atoms with Crippen LogP contribution in [0.25, 0.3) is 11.3 Å². The van der Waals surface area contributed by atoms with Crippen molar-refractivity contribution in [3.63, 3.8) is 0 Å². The van der Waals surface area contributed by atoms with Crippen LogP contribution in [0.2, 0.25) is 0 Å². The molecule has 31 heavy (non-hydrogen) atoms. The van der Waals surface area contributed by atoms with Gasteiger partial charge in [0.25, 0.3) is 0 Å². The SMILES string of the molecule is CCOC(=O)c1cn2c(cc1=O)-c1cc(C=O)c(OCCCOC)cc1CC21CCC1. The van der Waals surface area contributed by atoms with Crippen LogP contribution in [0.4, 0.5) is 0 Å². The van der Waals surface area contributed by atoms with Crippen molar-refractivity contribution in [1.29, 1.82) is 0 Å². The Morgan fingerprint density at radius 3 is 2.68 bits per heavy atom. The van der Waals surface area contributed by atoms with E-state index >= 15 is 0 Å². The zero-order valence-electron chi connectivity index (χ0n) is 17.9. The van der Waals surface area contributed by atoms with Gasteiger partial charge in [-0.15, -0.1) is 0 Å². The van der Waals surface area contributed by atoms with E-state index in [0.29, 0.717) is 24.5 Å². The summed E-state index contributed by atoms with van der Waals surface area (Å²) in [7, 11) is 1.64. The van der Waals surface area contributed by atoms with Crippen molar-refractivity contribution < 1.29 is 23.8 Å². The zero-order chi connectivity index (χ0) is 22.0. The third-order valence-electron chi connectivity index (χ3n) is 6.25. The van der Waals surface area contributed by atoms with Gasteiger partial charge in [-0.1, -0.05) is 0 Å². The molecule has 0 radical (unpaired) electrons. The molecule has 0 bridgehead atoms. The first-order valence-electron chi connectivity index (χ1n) is 10.7. The zero-order valence-corrected chi connectivity index (χ0v) is 17.9. The normalized spacial score (nSPS) is 15.5. The van der Waals surface area contributed by atoms with Crippen LogP contribution < -0.4 is 10.2 Å². The molecule has 1 fully saturated rings. The van der Waals surface area contributed by atoms with Gasteiger partial charge in [0, 0.05) is 43.5 Å². The minimum atomic E-state index is -0.601. The number of carbonyl (C=O) groups excluding carboxylic acids is 2. The summed E-state index contributed by atoms with van der Waals surface area (Å²) in [5.74, 6) is -0.0466. The Morgan fingerprint density at radius 1 is 1.23 bits per heavy atom. The molecule has 1 aromatic carbocycles. The summed E-state index contributed by atoms with van der Waals surface area (Å²) in [5, 5.41) is 0. The highest BCUT2D eigenvalue weighted by molar-refractivity contribution is 5.90. The number of ether oxygens (including phenoxy) is 3. The van der Waals surface area contributed by atoms with Gasteiger partial charge in [0.05, 0.1) is 24.5 Å². The average Bonchev–Trinajstić information content (AvgIpc) is 2.74. The summed E-state index contributed by atoms with van der Waals surface area (Å²) in [6, 6.07) is 5.21. The summed E-state index contributed by atoms with van der Waals surface area (Å²) in [6.07, 6.45) is 6.91. The molecule has 1 saturated carbocycles. The first-order valence-corrected chi connectivity index (χ1v) is 10.7. The highest BCUT2D eigenvalue weighted by atomic mass is 16.5. The fourth-order valence-corrected chi connectivity index (χ4v) is 4.56. The lowest BCUT2D eigenvalue weighted by Gasteiger charge is -2.48. The fraction of sp³-hybridized carbons (Fsp3) is 0.458. The molecule has 2 aliphatic rings. The monoisotopic (exact) mass is 425 g/mol. The predicted molar refractivity (Wildman–Crippen MR) is 115 cm³/mol. The van der Waals surface area contributed by atoms with Crippen molar-refractivity contribution in [3.8, 4) is 17.0 Å². The lowest BCUT2D eigenvalue weighted by molar-refractivity contribution is 0.0521. The Morgan fingerprint density at radius 2 is 2.03 bits per heavy atom. The molecular weight excluding hydrogens is 398 g/mol. The topological polar surface area (TPSA) is 83.8 Å². The second kappa shape index (κ2) is 8.67. The van der Waals surface area contributed by atoms with Gasteiger partial charge in [0.15, 0.2) is 11.7 Å². The predicted octanol–water partition coefficient (Wildman–Crippen LogP) is 3.36. The minimum Gasteiger partial charge on any atom is -0.493 e. The molecule has 0 unspecified atom stereocenters. The third-order valence-corrected chi connectivity index (χ3v) is 6.25. The maximum absolute atomic E-state index is 12.7. The number of hydrogen-bond donors (Lipinski definition) is 0. The highest BCUT2D eigenvalue weighted by Gasteiger charge is 2.43. The number of pyridine rings is 1. The van der Waals surface area contributed by atoms with Gasteiger partial charge in [-0.05, 0) is 50.3 Å². The molecule has 0 amide bonds. The van der Waals surface area contributed by atoms with Crippen LogP contribution >= 0.6 is 0 Å². The van der Waals surface area contributed by atoms with Gasteiger partial charge in [0.2, 0.25) is 0 Å². The maximum Gasteiger partial charge on any atom is 0.343 e. The van der Waals surface area contributed by atoms with E-state index in [1.807, 2.05) is 6.07 Å². The van der Waals surface area contributed by atoms with Crippen LogP contribution in [0, 0.1) is 0 Å². The summed E-state index contributed by atoms with van der Waals surface area (Å²) in [6.45, 7) is 2.97. The van der Waals surface area contributed by atoms with E-state index in [2.05, 4.69) is 4.57 Å². The van der Waals surface area contributed by atoms with Gasteiger partial charge in [-0.2, -0.15) is 0 Å². The number of esters is 1. The van der Waals surface area contributed by atoms with Crippen molar-refractivity contribution in [2.45, 2.75) is 44.6 Å². The van der Waals surface area contributed by atoms with Crippen molar-refractivity contribution >= 4 is 12.3 Å². The number of carbonyl (C=O) groups is 2. The second-order valence-corrected chi connectivity index (χ2v) is 8.14. The lowest BCUT2D eigenvalue weighted by Crippen LogP contribution is -2.46. The number of benzene rings is 1. The molecule has 1 aromatic heterocycles. The first-order chi connectivity index (χ1) is 15.0. The molecule has 2 heterocycles. The number of rotatable bonds is 8. The maximum atomic E-state index is 12.7. The molecule has 0 atom stereocenters. The van der Waals surface area contributed by atoms with Crippen molar-refractivity contribution in [2.75, 3.05) is 26.9 Å². The van der Waals surface area contributed by atoms with Crippen molar-refractivity contribution in [3.05, 3.63) is 51.3 Å². The molecule has 4 rings (SSSR count). The van der Waals surface area contributed by atoms with Crippen LogP contribution in [-0.4, -0.2) is 43.8 Å². The molecular formula is C24H27NO6. The molecule has 7 nitrogen and oxygen atoms in total. The van der Waals surface area contributed by atoms with E-state index in [0.717, 1.165) is 55.2 Å². The first kappa shape index (κ1) is 21.3. The van der Waals surface area contributed by atoms with Gasteiger partial charge in [-0.3, -0.25) is 9.59 Å². The van der Waals surface area contributed by atoms with Gasteiger partial charge in [0.1, 0.15) is 11.3 Å². The van der Waals surface area contributed by atoms with E-state index in [9.17, 15) is 14.4 Å². The van der Waals surface area contributed by atoms with E-state index < -0.39 is 5.97 Å². The van der Waals surface area contributed by atoms with Crippen molar-refractivity contribution in [1.82, 2.24) is 4.57 Å². The largest absolute Gasteiger partial charge is 0.493 e. The molecule has 2 aromatic rings. The lowest BCUT2D eigenvalue weighted by atomic mass is 9.69. The Bertz CT molecular complexity index is 1070. The van der Waals surface area contributed by atoms with E-state index in [4.69, 9.17) is 14.2 Å². The van der Waals surface area contributed by atoms with Crippen LogP contribution in [0.5, 0.6) is 5.75 Å². The van der Waals surface area contributed by atoms with Gasteiger partial charge < -0.3 is 18.8 Å². The average molecular weight is 425 g/mol. The molecule has 1 aliphatic carbocycles. The van der Waals surface area contributed by atoms with E-state index in [-0.39, 0.29) is 23.1 Å². The molecule has 164 valence electrons. The summed E-state index contributed by atoms with van der Waals surface area (Å²) in [4.78, 5) is 36.8. The van der Waals surface area contributed by atoms with Gasteiger partial charge >= 0.3 is 5.97 Å². The minimum absolute atomic E-state index is 0.0500. The Kier molecular flexibility index (Phi) is 5.96. The number of fused-ring (bicyclic) bond motifs is 4. The third kappa shape index (κ3) is 3.78. The van der Waals surface area contributed by atoms with E-state index in [1.165, 1.54) is 6.07 Å². The number of aldehydes is 1. The molecule has 1 aliphatic heterocycles. The second-order valence-electron chi connectivity index (χ2n) is 8.14. The molecule has 7 heteroatoms. The quantitative estimate of drug-likeness (QED) is 0.366. The summed E-state index contributed by atoms with van der Waals surface area (Å²) in [5.41, 5.74) is 2.55. The Hall–Kier alpha value is -2.93. The number of methoxy groups -OCH3 is 1. The van der Waals surface area contributed by atoms with E-state index in [1.54, 1.807) is 26.3 Å². The smallest absolute Gasteiger partial charge is 0.343 e. The molecule has 1 spiro atoms.